The molecule has 0 aromatic heterocycles. The molecule has 9 fully saturated rings. The first kappa shape index (κ1) is 31.5. The second-order valence-corrected chi connectivity index (χ2v) is 15.6. The molecular weight excluding hydrogens is 599 g/mol. The van der Waals surface area contributed by atoms with Gasteiger partial charge >= 0.3 is 0 Å². The third-order valence-electron chi connectivity index (χ3n) is 13.8. The van der Waals surface area contributed by atoms with Gasteiger partial charge in [0.15, 0.2) is 0 Å². The zero-order chi connectivity index (χ0) is 26.2. The average molecular weight is 656 g/mol. The summed E-state index contributed by atoms with van der Waals surface area (Å²) in [6, 6.07) is 0. The number of rotatable bonds is 0. The minimum atomic E-state index is 0. The van der Waals surface area contributed by atoms with E-state index in [2.05, 4.69) is 42.5 Å². The molecule has 42 heavy (non-hydrogen) atoms. The molecule has 9 aliphatic rings. The van der Waals surface area contributed by atoms with E-state index in [1.54, 1.807) is 0 Å². The monoisotopic (exact) mass is 655 g/mol. The van der Waals surface area contributed by atoms with Crippen molar-refractivity contribution < 1.29 is 38.8 Å². The molecule has 0 aromatic carbocycles. The Hall–Kier alpha value is 0.914. The minimum absolute atomic E-state index is 0. The molecule has 4 saturated carbocycles. The molecule has 8 bridgehead atoms. The molecule has 235 valence electrons. The first-order valence-electron chi connectivity index (χ1n) is 17.9. The van der Waals surface area contributed by atoms with Crippen LogP contribution in [0.15, 0.2) is 0 Å². The Bertz CT molecular complexity index is 723. The number of hydrogen-bond acceptors (Lipinski definition) is 8. The number of nitrogens with one attached hydrogen (secondary N) is 8. The number of hydrogen-bond donors (Lipinski definition) is 8. The molecule has 8 nitrogen and oxygen atoms in total. The summed E-state index contributed by atoms with van der Waals surface area (Å²) in [6.45, 7) is 0. The molecule has 5 heterocycles. The Balaban J connectivity index is 0.00000144. The van der Waals surface area contributed by atoms with Gasteiger partial charge in [-0.2, -0.15) is 0 Å². The van der Waals surface area contributed by atoms with Gasteiger partial charge in [0.25, 0.3) is 0 Å². The Morgan fingerprint density at radius 3 is 0.476 bits per heavy atom. The summed E-state index contributed by atoms with van der Waals surface area (Å²) in [6.07, 6.45) is 25.6. The van der Waals surface area contributed by atoms with Crippen LogP contribution in [0.2, 0.25) is 0 Å². The van der Waals surface area contributed by atoms with E-state index < -0.39 is 0 Å². The SMILES string of the molecule is C1CCC2C3NC(NC4NC(NC5NC(NC6NC(N3)C3CCCCC63)C3CCCCC53)C3CCCCC43)C2C1.[Mn].[Ti]. The molecule has 1 radical (unpaired) electrons. The quantitative estimate of drug-likeness (QED) is 0.189. The van der Waals surface area contributed by atoms with Gasteiger partial charge in [0.05, 0.1) is 49.3 Å². The Kier molecular flexibility index (Phi) is 9.90. The second kappa shape index (κ2) is 13.2. The van der Waals surface area contributed by atoms with E-state index in [4.69, 9.17) is 0 Å². The van der Waals surface area contributed by atoms with Crippen LogP contribution in [-0.4, -0.2) is 49.3 Å². The molecule has 0 spiro atoms. The van der Waals surface area contributed by atoms with Crippen LogP contribution in [0.1, 0.15) is 103 Å². The van der Waals surface area contributed by atoms with Crippen molar-refractivity contribution in [3.63, 3.8) is 0 Å². The summed E-state index contributed by atoms with van der Waals surface area (Å²) in [5.41, 5.74) is 0. The molecule has 5 aliphatic heterocycles. The molecule has 0 aromatic rings. The van der Waals surface area contributed by atoms with Gasteiger partial charge in [-0.15, -0.1) is 0 Å². The van der Waals surface area contributed by atoms with Crippen molar-refractivity contribution in [1.82, 2.24) is 42.5 Å². The van der Waals surface area contributed by atoms with E-state index in [1.165, 1.54) is 103 Å². The summed E-state index contributed by atoms with van der Waals surface area (Å²) in [4.78, 5) is 0. The van der Waals surface area contributed by atoms with Crippen molar-refractivity contribution in [2.45, 2.75) is 152 Å². The summed E-state index contributed by atoms with van der Waals surface area (Å²) in [5, 5.41) is 33.8. The van der Waals surface area contributed by atoms with Gasteiger partial charge in [0, 0.05) is 38.8 Å². The maximum absolute atomic E-state index is 4.26. The largest absolute Gasteiger partial charge is 0.286 e. The summed E-state index contributed by atoms with van der Waals surface area (Å²) in [5.74, 6) is 5.97. The normalized spacial score (nSPS) is 54.9. The van der Waals surface area contributed by atoms with Crippen molar-refractivity contribution in [1.29, 1.82) is 0 Å². The minimum Gasteiger partial charge on any atom is -0.286 e. The van der Waals surface area contributed by atoms with Crippen molar-refractivity contribution in [3.8, 4) is 0 Å². The Morgan fingerprint density at radius 1 is 0.238 bits per heavy atom. The van der Waals surface area contributed by atoms with E-state index in [1.807, 2.05) is 0 Å². The predicted molar refractivity (Wildman–Crippen MR) is 157 cm³/mol. The average Bonchev–Trinajstić information content (AvgIpc) is 3.73. The molecule has 8 N–H and O–H groups in total. The smallest absolute Gasteiger partial charge is 0.0628 e. The van der Waals surface area contributed by atoms with Gasteiger partial charge in [-0.3, -0.25) is 42.5 Å². The first-order valence-corrected chi connectivity index (χ1v) is 17.9. The van der Waals surface area contributed by atoms with Crippen LogP contribution in [0.3, 0.4) is 0 Å². The van der Waals surface area contributed by atoms with Crippen LogP contribution in [0, 0.1) is 47.3 Å². The fourth-order valence-electron chi connectivity index (χ4n) is 12.0. The third-order valence-corrected chi connectivity index (χ3v) is 13.8. The van der Waals surface area contributed by atoms with Gasteiger partial charge < -0.3 is 0 Å². The van der Waals surface area contributed by atoms with Crippen LogP contribution in [0.4, 0.5) is 0 Å². The van der Waals surface area contributed by atoms with Crippen LogP contribution >= 0.6 is 0 Å². The first-order chi connectivity index (χ1) is 19.8. The molecule has 4 aliphatic carbocycles. The van der Waals surface area contributed by atoms with Crippen molar-refractivity contribution >= 4 is 0 Å². The van der Waals surface area contributed by atoms with E-state index >= 15 is 0 Å². The van der Waals surface area contributed by atoms with Crippen molar-refractivity contribution in [2.75, 3.05) is 0 Å². The Morgan fingerprint density at radius 2 is 0.357 bits per heavy atom. The zero-order valence-corrected chi connectivity index (χ0v) is 28.2. The topological polar surface area (TPSA) is 96.2 Å². The summed E-state index contributed by atoms with van der Waals surface area (Å²) < 4.78 is 0. The molecular formula is C32H56MnN8Ti. The summed E-state index contributed by atoms with van der Waals surface area (Å²) in [7, 11) is 0. The van der Waals surface area contributed by atoms with Crippen LogP contribution in [0.5, 0.6) is 0 Å². The predicted octanol–water partition coefficient (Wildman–Crippen LogP) is 2.60. The standard InChI is InChI=1S/C32H56N8.Mn.Ti/c1-2-10-18-17(9-1)25-33-26(18)38-28-21-13-5-6-14-22(21)30(35-28)40-32-24-16-8-7-15-23(24)31(36-32)39-29-20-12-4-3-11-19(20)27(34-29)37-25;;/h17-40H,1-16H2;;. The molecule has 0 amide bonds. The summed E-state index contributed by atoms with van der Waals surface area (Å²) >= 11 is 0. The molecule has 8 atom stereocenters. The van der Waals surface area contributed by atoms with E-state index in [9.17, 15) is 0 Å². The number of fused-ring (bicyclic) bond motifs is 20. The van der Waals surface area contributed by atoms with Gasteiger partial charge in [0.2, 0.25) is 0 Å². The van der Waals surface area contributed by atoms with E-state index in [0.717, 1.165) is 47.3 Å². The molecule has 8 unspecified atom stereocenters. The van der Waals surface area contributed by atoms with Crippen LogP contribution in [-0.2, 0) is 38.8 Å². The fraction of sp³-hybridized carbons (Fsp3) is 1.00. The van der Waals surface area contributed by atoms with Crippen LogP contribution in [0.25, 0.3) is 0 Å². The third kappa shape index (κ3) is 5.49. The van der Waals surface area contributed by atoms with Gasteiger partial charge in [-0.25, -0.2) is 0 Å². The maximum Gasteiger partial charge on any atom is 0.0628 e. The van der Waals surface area contributed by atoms with Gasteiger partial charge in [0.1, 0.15) is 0 Å². The van der Waals surface area contributed by atoms with E-state index in [0.29, 0.717) is 49.3 Å². The van der Waals surface area contributed by atoms with E-state index in [-0.39, 0.29) is 38.8 Å². The van der Waals surface area contributed by atoms with Gasteiger partial charge in [-0.05, 0) is 98.7 Å². The Labute approximate surface area is 279 Å². The molecule has 10 heteroatoms. The zero-order valence-electron chi connectivity index (χ0n) is 25.4. The molecule has 9 rings (SSSR count). The van der Waals surface area contributed by atoms with Crippen LogP contribution < -0.4 is 42.5 Å². The maximum atomic E-state index is 4.26. The fourth-order valence-corrected chi connectivity index (χ4v) is 12.0. The van der Waals surface area contributed by atoms with Crippen molar-refractivity contribution in [2.24, 2.45) is 47.3 Å². The molecule has 5 saturated heterocycles. The van der Waals surface area contributed by atoms with Gasteiger partial charge in [-0.1, -0.05) is 51.4 Å². The van der Waals surface area contributed by atoms with Crippen molar-refractivity contribution in [3.05, 3.63) is 0 Å². The second-order valence-electron chi connectivity index (χ2n) is 15.6.